The van der Waals surface area contributed by atoms with Gasteiger partial charge in [0.1, 0.15) is 5.75 Å². The van der Waals surface area contributed by atoms with Crippen molar-refractivity contribution in [2.45, 2.75) is 6.04 Å². The molecular formula is C11H10N2O2. The lowest BCUT2D eigenvalue weighted by atomic mass is 10.2. The predicted molar refractivity (Wildman–Crippen MR) is 57.2 cm³/mol. The number of rotatable bonds is 4. The van der Waals surface area contributed by atoms with E-state index in [9.17, 15) is 4.91 Å². The summed E-state index contributed by atoms with van der Waals surface area (Å²) >= 11 is 0. The molecule has 1 aromatic rings. The quantitative estimate of drug-likeness (QED) is 0.704. The van der Waals surface area contributed by atoms with Gasteiger partial charge in [0.25, 0.3) is 0 Å². The normalized spacial score (nSPS) is 12.0. The Bertz CT molecular complexity index is 390. The molecule has 4 nitrogen and oxygen atoms in total. The summed E-state index contributed by atoms with van der Waals surface area (Å²) < 4.78 is 4.99. The highest BCUT2D eigenvalue weighted by atomic mass is 16.5. The highest BCUT2D eigenvalue weighted by Crippen LogP contribution is 2.12. The van der Waals surface area contributed by atoms with Crippen LogP contribution in [0.2, 0.25) is 0 Å². The Kier molecular flexibility index (Phi) is 4.05. The van der Waals surface area contributed by atoms with Crippen molar-refractivity contribution in [1.29, 1.82) is 5.26 Å². The lowest BCUT2D eigenvalue weighted by Crippen LogP contribution is -1.91. The standard InChI is InChI=1S/C11H10N2O2/c1-15-11-6-3-9(4-7-11)2-5-10(8-12)13-14/h2-7,10H,1H3. The highest BCUT2D eigenvalue weighted by molar-refractivity contribution is 5.51. The molecule has 0 aliphatic rings. The van der Waals surface area contributed by atoms with E-state index in [0.29, 0.717) is 0 Å². The molecule has 0 amide bonds. The maximum absolute atomic E-state index is 10.1. The van der Waals surface area contributed by atoms with Gasteiger partial charge in [0.05, 0.1) is 13.2 Å². The molecule has 0 fully saturated rings. The molecule has 0 spiro atoms. The van der Waals surface area contributed by atoms with Crippen LogP contribution in [-0.2, 0) is 0 Å². The van der Waals surface area contributed by atoms with Gasteiger partial charge in [-0.1, -0.05) is 18.2 Å². The molecule has 1 rings (SSSR count). The second-order valence-electron chi connectivity index (χ2n) is 2.81. The monoisotopic (exact) mass is 202 g/mol. The number of nitriles is 1. The van der Waals surface area contributed by atoms with E-state index in [1.165, 1.54) is 6.08 Å². The summed E-state index contributed by atoms with van der Waals surface area (Å²) in [5.41, 5.74) is 0.889. The van der Waals surface area contributed by atoms with E-state index in [-0.39, 0.29) is 0 Å². The zero-order valence-electron chi connectivity index (χ0n) is 8.25. The fourth-order valence-electron chi connectivity index (χ4n) is 1.02. The summed E-state index contributed by atoms with van der Waals surface area (Å²) in [6.45, 7) is 0. The number of ether oxygens (including phenoxy) is 1. The maximum Gasteiger partial charge on any atom is 0.196 e. The van der Waals surface area contributed by atoms with E-state index >= 15 is 0 Å². The van der Waals surface area contributed by atoms with Crippen LogP contribution in [0.1, 0.15) is 5.56 Å². The van der Waals surface area contributed by atoms with Crippen LogP contribution < -0.4 is 4.74 Å². The zero-order chi connectivity index (χ0) is 11.1. The van der Waals surface area contributed by atoms with Gasteiger partial charge in [-0.15, -0.1) is 4.91 Å². The summed E-state index contributed by atoms with van der Waals surface area (Å²) in [6, 6.07) is 8.09. The van der Waals surface area contributed by atoms with Crippen molar-refractivity contribution in [1.82, 2.24) is 0 Å². The van der Waals surface area contributed by atoms with E-state index in [2.05, 4.69) is 5.18 Å². The first kappa shape index (κ1) is 10.9. The fraction of sp³-hybridized carbons (Fsp3) is 0.182. The molecular weight excluding hydrogens is 192 g/mol. The smallest absolute Gasteiger partial charge is 0.196 e. The third-order valence-electron chi connectivity index (χ3n) is 1.83. The Morgan fingerprint density at radius 2 is 2.13 bits per heavy atom. The average molecular weight is 202 g/mol. The Labute approximate surface area is 87.8 Å². The van der Waals surface area contributed by atoms with Crippen LogP contribution in [-0.4, -0.2) is 13.2 Å². The van der Waals surface area contributed by atoms with Crippen LogP contribution in [0.25, 0.3) is 6.08 Å². The summed E-state index contributed by atoms with van der Waals surface area (Å²) in [4.78, 5) is 10.1. The molecule has 0 aliphatic carbocycles. The Hall–Kier alpha value is -2.15. The minimum absolute atomic E-state index is 0.762. The van der Waals surface area contributed by atoms with Gasteiger partial charge in [-0.25, -0.2) is 0 Å². The molecule has 1 atom stereocenters. The number of hydrogen-bond acceptors (Lipinski definition) is 4. The molecule has 4 heteroatoms. The lowest BCUT2D eigenvalue weighted by Gasteiger charge is -1.98. The number of methoxy groups -OCH3 is 1. The summed E-state index contributed by atoms with van der Waals surface area (Å²) in [5, 5.41) is 11.1. The number of benzene rings is 1. The van der Waals surface area contributed by atoms with Gasteiger partial charge in [0, 0.05) is 0 Å². The molecule has 15 heavy (non-hydrogen) atoms. The number of nitroso groups, excluding NO2 is 1. The fourth-order valence-corrected chi connectivity index (χ4v) is 1.02. The van der Waals surface area contributed by atoms with Crippen LogP contribution in [0.15, 0.2) is 35.5 Å². The summed E-state index contributed by atoms with van der Waals surface area (Å²) in [7, 11) is 1.59. The molecule has 0 N–H and O–H groups in total. The van der Waals surface area contributed by atoms with Gasteiger partial charge in [-0.05, 0) is 28.9 Å². The molecule has 0 aromatic heterocycles. The first-order valence-corrected chi connectivity index (χ1v) is 4.34. The van der Waals surface area contributed by atoms with Crippen molar-refractivity contribution < 1.29 is 4.74 Å². The van der Waals surface area contributed by atoms with Gasteiger partial charge in [-0.3, -0.25) is 0 Å². The van der Waals surface area contributed by atoms with Gasteiger partial charge < -0.3 is 4.74 Å². The summed E-state index contributed by atoms with van der Waals surface area (Å²) in [6.07, 6.45) is 3.13. The molecule has 0 bridgehead atoms. The number of hydrogen-bond donors (Lipinski definition) is 0. The molecule has 0 saturated carbocycles. The Morgan fingerprint density at radius 3 is 2.60 bits per heavy atom. The molecule has 0 heterocycles. The van der Waals surface area contributed by atoms with Crippen LogP contribution in [0.3, 0.4) is 0 Å². The molecule has 76 valence electrons. The first-order valence-electron chi connectivity index (χ1n) is 4.34. The maximum atomic E-state index is 10.1. The second-order valence-corrected chi connectivity index (χ2v) is 2.81. The van der Waals surface area contributed by atoms with Gasteiger partial charge in [0.15, 0.2) is 6.04 Å². The lowest BCUT2D eigenvalue weighted by molar-refractivity contribution is 0.415. The van der Waals surface area contributed by atoms with E-state index in [4.69, 9.17) is 10.00 Å². The summed E-state index contributed by atoms with van der Waals surface area (Å²) in [5.74, 6) is 0.762. The topological polar surface area (TPSA) is 62.4 Å². The van der Waals surface area contributed by atoms with Crippen LogP contribution >= 0.6 is 0 Å². The minimum atomic E-state index is -0.924. The highest BCUT2D eigenvalue weighted by Gasteiger charge is 1.99. The van der Waals surface area contributed by atoms with E-state index in [1.807, 2.05) is 12.1 Å². The predicted octanol–water partition coefficient (Wildman–Crippen LogP) is 2.37. The number of nitrogens with zero attached hydrogens (tertiary/aromatic N) is 2. The van der Waals surface area contributed by atoms with E-state index in [1.54, 1.807) is 31.4 Å². The van der Waals surface area contributed by atoms with Crippen molar-refractivity contribution in [3.05, 3.63) is 40.8 Å². The van der Waals surface area contributed by atoms with Gasteiger partial charge >= 0.3 is 0 Å². The van der Waals surface area contributed by atoms with Crippen LogP contribution in [0, 0.1) is 16.2 Å². The largest absolute Gasteiger partial charge is 0.497 e. The van der Waals surface area contributed by atoms with Crippen molar-refractivity contribution in [2.24, 2.45) is 5.18 Å². The molecule has 0 saturated heterocycles. The SMILES string of the molecule is COc1ccc(C=CC(C#N)N=O)cc1. The van der Waals surface area contributed by atoms with Crippen LogP contribution in [0.4, 0.5) is 0 Å². The van der Waals surface area contributed by atoms with Crippen molar-refractivity contribution in [2.75, 3.05) is 7.11 Å². The average Bonchev–Trinajstić information content (AvgIpc) is 2.31. The minimum Gasteiger partial charge on any atom is -0.497 e. The molecule has 1 unspecified atom stereocenters. The van der Waals surface area contributed by atoms with Gasteiger partial charge in [-0.2, -0.15) is 5.26 Å². The Morgan fingerprint density at radius 1 is 1.47 bits per heavy atom. The molecule has 1 aromatic carbocycles. The first-order chi connectivity index (χ1) is 7.30. The van der Waals surface area contributed by atoms with E-state index < -0.39 is 6.04 Å². The zero-order valence-corrected chi connectivity index (χ0v) is 8.25. The molecule has 0 radical (unpaired) electrons. The molecule has 0 aliphatic heterocycles. The van der Waals surface area contributed by atoms with Crippen molar-refractivity contribution >= 4 is 6.08 Å². The second kappa shape index (κ2) is 5.55. The van der Waals surface area contributed by atoms with Crippen LogP contribution in [0.5, 0.6) is 5.75 Å². The van der Waals surface area contributed by atoms with E-state index in [0.717, 1.165) is 11.3 Å². The third kappa shape index (κ3) is 3.24. The van der Waals surface area contributed by atoms with Crippen molar-refractivity contribution in [3.63, 3.8) is 0 Å². The Balaban J connectivity index is 2.73. The third-order valence-corrected chi connectivity index (χ3v) is 1.83. The van der Waals surface area contributed by atoms with Gasteiger partial charge in [0.2, 0.25) is 0 Å². The van der Waals surface area contributed by atoms with Crippen molar-refractivity contribution in [3.8, 4) is 11.8 Å².